The second-order valence-electron chi connectivity index (χ2n) is 2.98. The molecule has 0 saturated carbocycles. The first-order chi connectivity index (χ1) is 5.41. The number of halogens is 3. The Bertz CT molecular complexity index is 166. The van der Waals surface area contributed by atoms with E-state index in [1.807, 2.05) is 0 Å². The van der Waals surface area contributed by atoms with E-state index >= 15 is 0 Å². The molecule has 1 rings (SSSR count). The van der Waals surface area contributed by atoms with E-state index in [4.69, 9.17) is 0 Å². The third-order valence-electron chi connectivity index (χ3n) is 1.91. The van der Waals surface area contributed by atoms with Gasteiger partial charge in [-0.2, -0.15) is 0 Å². The van der Waals surface area contributed by atoms with Crippen molar-refractivity contribution < 1.29 is 64.6 Å². The van der Waals surface area contributed by atoms with Crippen molar-refractivity contribution in [1.82, 2.24) is 9.80 Å². The maximum absolute atomic E-state index is 12.9. The van der Waals surface area contributed by atoms with Crippen LogP contribution >= 0.6 is 0 Å². The molecular weight excluding hydrogens is 207 g/mol. The third-order valence-corrected chi connectivity index (χ3v) is 1.91. The number of nitrogens with zero attached hydrogens (tertiary/aromatic N) is 2. The summed E-state index contributed by atoms with van der Waals surface area (Å²) < 4.78 is 37.8. The summed E-state index contributed by atoms with van der Waals surface area (Å²) in [5, 5.41) is 0. The summed E-state index contributed by atoms with van der Waals surface area (Å²) in [6.07, 6.45) is -1.68. The second kappa shape index (κ2) is 5.48. The van der Waals surface area contributed by atoms with Crippen molar-refractivity contribution in [2.45, 2.75) is 12.2 Å². The van der Waals surface area contributed by atoms with Crippen LogP contribution in [0, 0.1) is 0 Å². The molecule has 7 heteroatoms. The van der Waals surface area contributed by atoms with Gasteiger partial charge in [-0.15, -0.1) is 0 Å². The second-order valence-corrected chi connectivity index (χ2v) is 2.98. The van der Waals surface area contributed by atoms with E-state index < -0.39 is 12.2 Å². The van der Waals surface area contributed by atoms with Crippen LogP contribution in [0.4, 0.5) is 13.2 Å². The number of alkyl halides is 3. The Hall–Kier alpha value is 1.41. The summed E-state index contributed by atoms with van der Waals surface area (Å²) in [4.78, 5) is 2.01. The fraction of sp³-hybridized carbons (Fsp3) is 1.00. The smallest absolute Gasteiger partial charge is 0.501 e. The largest absolute Gasteiger partial charge is 1.00 e. The first-order valence-corrected chi connectivity index (χ1v) is 3.67. The zero-order valence-corrected chi connectivity index (χ0v) is 10.9. The Morgan fingerprint density at radius 1 is 1.38 bits per heavy atom. The summed E-state index contributed by atoms with van der Waals surface area (Å²) in [5.74, 6) is -3.54. The molecule has 0 amide bonds. The monoisotopic (exact) mass is 217 g/mol. The van der Waals surface area contributed by atoms with Crippen LogP contribution in [0.3, 0.4) is 0 Å². The normalized spacial score (nSPS) is 27.0. The van der Waals surface area contributed by atoms with Crippen molar-refractivity contribution in [1.29, 1.82) is 0 Å². The molecule has 69 valence electrons. The molecule has 0 N–H and O–H groups in total. The van der Waals surface area contributed by atoms with Crippen molar-refractivity contribution in [2.24, 2.45) is 0 Å². The van der Waals surface area contributed by atoms with Gasteiger partial charge in [0.25, 0.3) is 0 Å². The van der Waals surface area contributed by atoms with E-state index in [0.29, 0.717) is 11.4 Å². The minimum absolute atomic E-state index is 0. The van der Waals surface area contributed by atoms with Gasteiger partial charge in [0.15, 0.2) is 6.30 Å². The van der Waals surface area contributed by atoms with Gasteiger partial charge in [-0.25, -0.2) is 13.2 Å². The van der Waals surface area contributed by atoms with Crippen molar-refractivity contribution >= 4 is 7.85 Å². The molecule has 1 fully saturated rings. The molecule has 0 aromatic heterocycles. The minimum Gasteiger partial charge on any atom is -0.501 e. The molecule has 13 heavy (non-hydrogen) atoms. The quantitative estimate of drug-likeness (QED) is 0.347. The Labute approximate surface area is 120 Å². The zero-order chi connectivity index (χ0) is 9.35. The summed E-state index contributed by atoms with van der Waals surface area (Å²) in [5.41, 5.74) is 0. The molecule has 0 aromatic carbocycles. The number of likely N-dealkylation sites (N-methyl/N-ethyl adjacent to an activating group) is 1. The Morgan fingerprint density at radius 3 is 2.31 bits per heavy atom. The van der Waals surface area contributed by atoms with Gasteiger partial charge in [0.05, 0.1) is 5.95 Å². The topological polar surface area (TPSA) is 6.48 Å². The van der Waals surface area contributed by atoms with E-state index in [1.54, 1.807) is 11.9 Å². The minimum atomic E-state index is -3.54. The van der Waals surface area contributed by atoms with Gasteiger partial charge in [-0.05, 0) is 7.05 Å². The molecule has 1 aliphatic heterocycles. The van der Waals surface area contributed by atoms with Crippen molar-refractivity contribution in [3.63, 3.8) is 0 Å². The van der Waals surface area contributed by atoms with Gasteiger partial charge in [-0.1, -0.05) is 0 Å². The Morgan fingerprint density at radius 2 is 1.92 bits per heavy atom. The van der Waals surface area contributed by atoms with Crippen LogP contribution < -0.4 is 51.4 Å². The molecule has 0 spiro atoms. The van der Waals surface area contributed by atoms with Crippen LogP contribution in [0.5, 0.6) is 0 Å². The molecule has 1 heterocycles. The van der Waals surface area contributed by atoms with Crippen molar-refractivity contribution in [2.75, 3.05) is 26.7 Å². The summed E-state index contributed by atoms with van der Waals surface area (Å²) in [6.45, 7) is 0.348. The van der Waals surface area contributed by atoms with Crippen LogP contribution in [0.15, 0.2) is 0 Å². The Balaban J connectivity index is 0.00000144. The van der Waals surface area contributed by atoms with Crippen LogP contribution in [-0.2, 0) is 0 Å². The van der Waals surface area contributed by atoms with Crippen LogP contribution in [0.1, 0.15) is 0 Å². The molecule has 2 nitrogen and oxygen atoms in total. The number of hydrogen-bond donors (Lipinski definition) is 0. The summed E-state index contributed by atoms with van der Waals surface area (Å²) in [6, 6.07) is 0. The maximum atomic E-state index is 12.9. The van der Waals surface area contributed by atoms with Crippen molar-refractivity contribution in [3.05, 3.63) is 0 Å². The molecule has 1 unspecified atom stereocenters. The van der Waals surface area contributed by atoms with E-state index in [1.165, 1.54) is 0 Å². The number of rotatable bonds is 1. The van der Waals surface area contributed by atoms with Gasteiger partial charge in [-0.3, -0.25) is 4.90 Å². The van der Waals surface area contributed by atoms with Gasteiger partial charge in [0, 0.05) is 19.6 Å². The van der Waals surface area contributed by atoms with E-state index in [-0.39, 0.29) is 64.5 Å². The van der Waals surface area contributed by atoms with Crippen LogP contribution in [0.2, 0.25) is 0 Å². The van der Waals surface area contributed by atoms with Crippen LogP contribution in [0.25, 0.3) is 0 Å². The summed E-state index contributed by atoms with van der Waals surface area (Å²) in [7, 11) is 6.16. The average Bonchev–Trinajstić information content (AvgIpc) is 1.83. The molecule has 0 aliphatic carbocycles. The SMILES string of the molecule is [B-]C(F)(F)N1CCN(C)CC1F.[K+]. The first kappa shape index (κ1) is 14.4. The molecule has 0 aromatic rings. The zero-order valence-electron chi connectivity index (χ0n) is 7.80. The molecular formula is C6H10BF3KN2. The molecule has 0 bridgehead atoms. The van der Waals surface area contributed by atoms with E-state index in [0.717, 1.165) is 0 Å². The fourth-order valence-corrected chi connectivity index (χ4v) is 1.20. The Kier molecular flexibility index (Phi) is 6.08. The third kappa shape index (κ3) is 4.19. The van der Waals surface area contributed by atoms with E-state index in [9.17, 15) is 13.2 Å². The number of hydrogen-bond acceptors (Lipinski definition) is 2. The van der Waals surface area contributed by atoms with Crippen molar-refractivity contribution in [3.8, 4) is 0 Å². The fourth-order valence-electron chi connectivity index (χ4n) is 1.20. The van der Waals surface area contributed by atoms with Gasteiger partial charge < -0.3 is 12.7 Å². The predicted molar refractivity (Wildman–Crippen MR) is 39.8 cm³/mol. The van der Waals surface area contributed by atoms with Gasteiger partial charge in [0.2, 0.25) is 0 Å². The maximum Gasteiger partial charge on any atom is 1.00 e. The van der Waals surface area contributed by atoms with Gasteiger partial charge >= 0.3 is 51.4 Å². The molecule has 1 aliphatic rings. The number of piperazine rings is 1. The molecule has 3 radical (unpaired) electrons. The first-order valence-electron chi connectivity index (χ1n) is 3.67. The molecule has 1 saturated heterocycles. The van der Waals surface area contributed by atoms with E-state index in [2.05, 4.69) is 7.85 Å². The predicted octanol–water partition coefficient (Wildman–Crippen LogP) is -2.75. The molecule has 1 atom stereocenters. The standard InChI is InChI=1S/C6H10BF3N2.K/c1-11-2-3-12(5(8)4-11)6(7,9)10;/h5H,2-4H2,1H3;/q-1;+1. The summed E-state index contributed by atoms with van der Waals surface area (Å²) >= 11 is 0. The van der Waals surface area contributed by atoms with Gasteiger partial charge in [0.1, 0.15) is 0 Å². The average molecular weight is 217 g/mol. The van der Waals surface area contributed by atoms with Crippen LogP contribution in [-0.4, -0.2) is 56.6 Å².